The normalized spacial score (nSPS) is 14.6. The Hall–Kier alpha value is -1.56. The van der Waals surface area contributed by atoms with Crippen LogP contribution in [-0.2, 0) is 13.5 Å². The number of rotatable bonds is 4. The second kappa shape index (κ2) is 5.09. The Morgan fingerprint density at radius 2 is 2.25 bits per heavy atom. The van der Waals surface area contributed by atoms with E-state index in [0.29, 0.717) is 11.7 Å². The van der Waals surface area contributed by atoms with Crippen molar-refractivity contribution in [3.8, 4) is 0 Å². The summed E-state index contributed by atoms with van der Waals surface area (Å²) in [7, 11) is 1.86. The Bertz CT molecular complexity index is 654. The minimum Gasteiger partial charge on any atom is -0.339 e. The van der Waals surface area contributed by atoms with Crippen LogP contribution in [0.15, 0.2) is 22.9 Å². The zero-order valence-corrected chi connectivity index (χ0v) is 13.1. The van der Waals surface area contributed by atoms with Crippen LogP contribution in [0.3, 0.4) is 0 Å². The van der Waals surface area contributed by atoms with Crippen molar-refractivity contribution in [1.82, 2.24) is 14.3 Å². The summed E-state index contributed by atoms with van der Waals surface area (Å²) in [5, 5.41) is 7.31. The van der Waals surface area contributed by atoms with Gasteiger partial charge in [-0.15, -0.1) is 0 Å². The van der Waals surface area contributed by atoms with Crippen LogP contribution in [0.2, 0.25) is 0 Å². The molecule has 3 rings (SSSR count). The second-order valence-corrected chi connectivity index (χ2v) is 6.07. The second-order valence-electron chi connectivity index (χ2n) is 5.15. The van der Waals surface area contributed by atoms with Gasteiger partial charge in [0.15, 0.2) is 0 Å². The zero-order valence-electron chi connectivity index (χ0n) is 11.6. The van der Waals surface area contributed by atoms with E-state index in [4.69, 9.17) is 0 Å². The lowest BCUT2D eigenvalue weighted by Crippen LogP contribution is -2.16. The SMILES string of the molecule is CCc1nn(C)cc1NC(=O)c1cc(Br)cn1C1CC1. The van der Waals surface area contributed by atoms with Gasteiger partial charge in [0.05, 0.1) is 11.4 Å². The molecule has 1 amide bonds. The maximum Gasteiger partial charge on any atom is 0.272 e. The number of anilines is 1. The maximum absolute atomic E-state index is 12.5. The molecule has 0 spiro atoms. The van der Waals surface area contributed by atoms with Gasteiger partial charge in [0, 0.05) is 30.0 Å². The largest absolute Gasteiger partial charge is 0.339 e. The average Bonchev–Trinajstić information content (AvgIpc) is 3.09. The van der Waals surface area contributed by atoms with Crippen molar-refractivity contribution in [1.29, 1.82) is 0 Å². The van der Waals surface area contributed by atoms with Gasteiger partial charge < -0.3 is 9.88 Å². The van der Waals surface area contributed by atoms with Gasteiger partial charge in [-0.25, -0.2) is 0 Å². The van der Waals surface area contributed by atoms with E-state index in [-0.39, 0.29) is 5.91 Å². The molecule has 2 aromatic heterocycles. The summed E-state index contributed by atoms with van der Waals surface area (Å²) in [5.41, 5.74) is 2.40. The molecule has 1 saturated carbocycles. The van der Waals surface area contributed by atoms with Crippen molar-refractivity contribution in [3.63, 3.8) is 0 Å². The summed E-state index contributed by atoms with van der Waals surface area (Å²) in [6.07, 6.45) is 6.92. The number of aryl methyl sites for hydroxylation is 2. The molecule has 0 unspecified atom stereocenters. The smallest absolute Gasteiger partial charge is 0.272 e. The average molecular weight is 337 g/mol. The van der Waals surface area contributed by atoms with Gasteiger partial charge in [-0.2, -0.15) is 5.10 Å². The summed E-state index contributed by atoms with van der Waals surface area (Å²) in [5.74, 6) is -0.0784. The number of halogens is 1. The first-order chi connectivity index (χ1) is 9.58. The van der Waals surface area contributed by atoms with E-state index >= 15 is 0 Å². The highest BCUT2D eigenvalue weighted by atomic mass is 79.9. The number of nitrogens with zero attached hydrogens (tertiary/aromatic N) is 3. The molecule has 1 N–H and O–H groups in total. The Kier molecular flexibility index (Phi) is 3.41. The minimum atomic E-state index is -0.0784. The van der Waals surface area contributed by atoms with E-state index in [0.717, 1.165) is 35.1 Å². The zero-order chi connectivity index (χ0) is 14.3. The fraction of sp³-hybridized carbons (Fsp3) is 0.429. The van der Waals surface area contributed by atoms with Crippen molar-refractivity contribution in [2.24, 2.45) is 7.05 Å². The van der Waals surface area contributed by atoms with Crippen molar-refractivity contribution in [2.75, 3.05) is 5.32 Å². The van der Waals surface area contributed by atoms with Gasteiger partial charge in [-0.1, -0.05) is 6.92 Å². The van der Waals surface area contributed by atoms with E-state index in [1.54, 1.807) is 4.68 Å². The van der Waals surface area contributed by atoms with Crippen molar-refractivity contribution in [2.45, 2.75) is 32.2 Å². The molecule has 2 aromatic rings. The molecule has 0 aliphatic heterocycles. The molecular formula is C14H17BrN4O. The first kappa shape index (κ1) is 13.4. The lowest BCUT2D eigenvalue weighted by atomic mass is 10.3. The number of carbonyl (C=O) groups is 1. The first-order valence-corrected chi connectivity index (χ1v) is 7.59. The van der Waals surface area contributed by atoms with E-state index in [9.17, 15) is 4.79 Å². The van der Waals surface area contributed by atoms with Gasteiger partial charge >= 0.3 is 0 Å². The number of amides is 1. The highest BCUT2D eigenvalue weighted by Crippen LogP contribution is 2.37. The van der Waals surface area contributed by atoms with Crippen LogP contribution in [0.4, 0.5) is 5.69 Å². The molecule has 1 aliphatic carbocycles. The maximum atomic E-state index is 12.5. The fourth-order valence-corrected chi connectivity index (χ4v) is 2.81. The molecule has 0 bridgehead atoms. The molecule has 6 heteroatoms. The van der Waals surface area contributed by atoms with Gasteiger partial charge in [0.1, 0.15) is 5.69 Å². The quantitative estimate of drug-likeness (QED) is 0.932. The molecule has 0 aromatic carbocycles. The molecule has 5 nitrogen and oxygen atoms in total. The van der Waals surface area contributed by atoms with Gasteiger partial charge in [0.2, 0.25) is 0 Å². The van der Waals surface area contributed by atoms with Crippen LogP contribution in [0.25, 0.3) is 0 Å². The number of hydrogen-bond donors (Lipinski definition) is 1. The van der Waals surface area contributed by atoms with Crippen LogP contribution in [0, 0.1) is 0 Å². The Morgan fingerprint density at radius 1 is 1.50 bits per heavy atom. The molecule has 2 heterocycles. The van der Waals surface area contributed by atoms with E-state index in [2.05, 4.69) is 30.9 Å². The summed E-state index contributed by atoms with van der Waals surface area (Å²) in [6.45, 7) is 2.03. The summed E-state index contributed by atoms with van der Waals surface area (Å²) in [6, 6.07) is 2.34. The van der Waals surface area contributed by atoms with Gasteiger partial charge in [-0.05, 0) is 41.3 Å². The first-order valence-electron chi connectivity index (χ1n) is 6.79. The topological polar surface area (TPSA) is 51.9 Å². The Balaban J connectivity index is 1.85. The predicted octanol–water partition coefficient (Wildman–Crippen LogP) is 3.13. The van der Waals surface area contributed by atoms with E-state index in [1.807, 2.05) is 32.4 Å². The third-order valence-corrected chi connectivity index (χ3v) is 3.91. The van der Waals surface area contributed by atoms with Crippen LogP contribution in [0.5, 0.6) is 0 Å². The lowest BCUT2D eigenvalue weighted by molar-refractivity contribution is 0.101. The number of nitrogens with one attached hydrogen (secondary N) is 1. The van der Waals surface area contributed by atoms with Crippen molar-refractivity contribution in [3.05, 3.63) is 34.3 Å². The van der Waals surface area contributed by atoms with Gasteiger partial charge in [0.25, 0.3) is 5.91 Å². The van der Waals surface area contributed by atoms with Crippen LogP contribution in [0.1, 0.15) is 42.0 Å². The van der Waals surface area contributed by atoms with Crippen molar-refractivity contribution < 1.29 is 4.79 Å². The Morgan fingerprint density at radius 3 is 2.90 bits per heavy atom. The highest BCUT2D eigenvalue weighted by molar-refractivity contribution is 9.10. The molecule has 1 fully saturated rings. The van der Waals surface area contributed by atoms with E-state index in [1.165, 1.54) is 0 Å². The summed E-state index contributed by atoms with van der Waals surface area (Å²) >= 11 is 3.45. The third kappa shape index (κ3) is 2.52. The Labute approximate surface area is 126 Å². The minimum absolute atomic E-state index is 0.0784. The number of hydrogen-bond acceptors (Lipinski definition) is 2. The molecule has 0 atom stereocenters. The standard InChI is InChI=1S/C14H17BrN4O/c1-3-11-12(8-18(2)17-11)16-14(20)13-6-9(15)7-19(13)10-4-5-10/h6-8,10H,3-5H2,1-2H3,(H,16,20). The van der Waals surface area contributed by atoms with E-state index < -0.39 is 0 Å². The predicted molar refractivity (Wildman–Crippen MR) is 80.9 cm³/mol. The lowest BCUT2D eigenvalue weighted by Gasteiger charge is -2.08. The van der Waals surface area contributed by atoms with Crippen molar-refractivity contribution >= 4 is 27.5 Å². The number of aromatic nitrogens is 3. The van der Waals surface area contributed by atoms with Crippen LogP contribution < -0.4 is 5.32 Å². The number of carbonyl (C=O) groups excluding carboxylic acids is 1. The fourth-order valence-electron chi connectivity index (χ4n) is 2.37. The third-order valence-electron chi connectivity index (χ3n) is 3.48. The molecule has 0 saturated heterocycles. The molecule has 106 valence electrons. The summed E-state index contributed by atoms with van der Waals surface area (Å²) < 4.78 is 4.72. The van der Waals surface area contributed by atoms with Crippen LogP contribution in [-0.4, -0.2) is 20.3 Å². The molecule has 1 aliphatic rings. The monoisotopic (exact) mass is 336 g/mol. The summed E-state index contributed by atoms with van der Waals surface area (Å²) in [4.78, 5) is 12.5. The van der Waals surface area contributed by atoms with Gasteiger partial charge in [-0.3, -0.25) is 9.48 Å². The molecular weight excluding hydrogens is 320 g/mol. The molecule has 0 radical (unpaired) electrons. The highest BCUT2D eigenvalue weighted by Gasteiger charge is 2.28. The molecule has 20 heavy (non-hydrogen) atoms. The van der Waals surface area contributed by atoms with Crippen LogP contribution >= 0.6 is 15.9 Å².